The number of aliphatic carboxylic acids is 1. The molecule has 2 N–H and O–H groups in total. The lowest BCUT2D eigenvalue weighted by molar-refractivity contribution is -0.138. The zero-order chi connectivity index (χ0) is 23.1. The van der Waals surface area contributed by atoms with E-state index in [-0.39, 0.29) is 25.2 Å². The zero-order valence-electron chi connectivity index (χ0n) is 17.9. The molecular weight excluding hydrogens is 432 g/mol. The van der Waals surface area contributed by atoms with Crippen LogP contribution in [0.3, 0.4) is 0 Å². The van der Waals surface area contributed by atoms with E-state index in [0.717, 1.165) is 60.5 Å². The van der Waals surface area contributed by atoms with E-state index in [4.69, 9.17) is 5.11 Å². The third-order valence-corrected chi connectivity index (χ3v) is 6.87. The first-order valence-corrected chi connectivity index (χ1v) is 12.1. The van der Waals surface area contributed by atoms with E-state index in [1.807, 2.05) is 6.07 Å². The van der Waals surface area contributed by atoms with Gasteiger partial charge in [-0.25, -0.2) is 0 Å². The molecule has 0 aromatic heterocycles. The largest absolute Gasteiger partial charge is 0.481 e. The number of unbranched alkanes of at least 4 members (excludes halogenated alkanes) is 6. The summed E-state index contributed by atoms with van der Waals surface area (Å²) < 4.78 is 0. The van der Waals surface area contributed by atoms with Crippen LogP contribution in [0.4, 0.5) is 0 Å². The van der Waals surface area contributed by atoms with Gasteiger partial charge in [-0.15, -0.1) is 11.8 Å². The minimum atomic E-state index is -0.951. The van der Waals surface area contributed by atoms with Crippen molar-refractivity contribution in [1.82, 2.24) is 10.2 Å². The summed E-state index contributed by atoms with van der Waals surface area (Å²) in [6, 6.07) is 4.23. The van der Waals surface area contributed by atoms with Crippen molar-refractivity contribution < 1.29 is 29.1 Å². The van der Waals surface area contributed by atoms with Gasteiger partial charge in [0.2, 0.25) is 11.8 Å². The molecule has 2 aliphatic rings. The van der Waals surface area contributed by atoms with Gasteiger partial charge in [-0.3, -0.25) is 34.2 Å². The van der Waals surface area contributed by atoms with E-state index < -0.39 is 29.7 Å². The Hall–Kier alpha value is -2.68. The Kier molecular flexibility index (Phi) is 8.44. The first kappa shape index (κ1) is 24.0. The van der Waals surface area contributed by atoms with Crippen molar-refractivity contribution in [3.8, 4) is 0 Å². The maximum atomic E-state index is 13.0. The van der Waals surface area contributed by atoms with Crippen LogP contribution in [-0.4, -0.2) is 51.4 Å². The summed E-state index contributed by atoms with van der Waals surface area (Å²) in [6.07, 6.45) is 7.39. The van der Waals surface area contributed by atoms with Gasteiger partial charge >= 0.3 is 5.97 Å². The van der Waals surface area contributed by atoms with Crippen LogP contribution in [0.5, 0.6) is 0 Å². The number of carboxylic acid groups (broad SMARTS) is 1. The van der Waals surface area contributed by atoms with Gasteiger partial charge in [0.25, 0.3) is 11.8 Å². The molecule has 1 unspecified atom stereocenters. The Morgan fingerprint density at radius 3 is 2.38 bits per heavy atom. The fourth-order valence-electron chi connectivity index (χ4n) is 4.05. The Labute approximate surface area is 191 Å². The number of thioether (sulfide) groups is 1. The highest BCUT2D eigenvalue weighted by molar-refractivity contribution is 7.99. The molecule has 3 rings (SSSR count). The monoisotopic (exact) mass is 460 g/mol. The van der Waals surface area contributed by atoms with Crippen LogP contribution < -0.4 is 5.32 Å². The minimum Gasteiger partial charge on any atom is -0.481 e. The van der Waals surface area contributed by atoms with Gasteiger partial charge < -0.3 is 5.11 Å². The predicted octanol–water partition coefficient (Wildman–Crippen LogP) is 3.39. The molecule has 1 atom stereocenters. The number of rotatable bonds is 12. The van der Waals surface area contributed by atoms with Gasteiger partial charge in [0.1, 0.15) is 6.04 Å². The second kappa shape index (κ2) is 11.3. The predicted molar refractivity (Wildman–Crippen MR) is 118 cm³/mol. The summed E-state index contributed by atoms with van der Waals surface area (Å²) in [5.74, 6) is -1.87. The van der Waals surface area contributed by atoms with E-state index in [9.17, 15) is 24.0 Å². The number of hydrogen-bond acceptors (Lipinski definition) is 6. The summed E-state index contributed by atoms with van der Waals surface area (Å²) in [6.45, 7) is 0. The van der Waals surface area contributed by atoms with Crippen molar-refractivity contribution in [2.45, 2.75) is 75.1 Å². The van der Waals surface area contributed by atoms with Crippen molar-refractivity contribution >= 4 is 41.4 Å². The Morgan fingerprint density at radius 1 is 1.00 bits per heavy atom. The molecule has 32 heavy (non-hydrogen) atoms. The molecule has 1 aromatic carbocycles. The number of hydrogen-bond donors (Lipinski definition) is 2. The van der Waals surface area contributed by atoms with E-state index >= 15 is 0 Å². The molecule has 2 heterocycles. The number of carbonyl (C=O) groups is 5. The lowest BCUT2D eigenvalue weighted by Crippen LogP contribution is -2.54. The van der Waals surface area contributed by atoms with Gasteiger partial charge in [-0.1, -0.05) is 38.2 Å². The van der Waals surface area contributed by atoms with Gasteiger partial charge in [0.15, 0.2) is 0 Å². The molecule has 0 aliphatic carbocycles. The highest BCUT2D eigenvalue weighted by atomic mass is 32.2. The topological polar surface area (TPSA) is 121 Å². The van der Waals surface area contributed by atoms with Crippen molar-refractivity contribution in [2.24, 2.45) is 0 Å². The highest BCUT2D eigenvalue weighted by Gasteiger charge is 2.45. The first-order valence-electron chi connectivity index (χ1n) is 11.1. The number of nitrogens with one attached hydrogen (secondary N) is 1. The molecular formula is C23H28N2O6S. The normalized spacial score (nSPS) is 18.1. The van der Waals surface area contributed by atoms with E-state index in [1.54, 1.807) is 12.1 Å². The van der Waals surface area contributed by atoms with Crippen LogP contribution in [0, 0.1) is 0 Å². The van der Waals surface area contributed by atoms with Crippen LogP contribution >= 0.6 is 11.8 Å². The first-order chi connectivity index (χ1) is 15.4. The van der Waals surface area contributed by atoms with Crippen LogP contribution in [0.1, 0.15) is 84.9 Å². The minimum absolute atomic E-state index is 0.102. The van der Waals surface area contributed by atoms with Gasteiger partial charge in [0, 0.05) is 17.7 Å². The number of nitrogens with zero attached hydrogens (tertiary/aromatic N) is 1. The second-order valence-corrected chi connectivity index (χ2v) is 9.23. The fraction of sp³-hybridized carbons (Fsp3) is 0.522. The fourth-order valence-corrected chi connectivity index (χ4v) is 5.13. The van der Waals surface area contributed by atoms with E-state index in [0.29, 0.717) is 11.1 Å². The zero-order valence-corrected chi connectivity index (χ0v) is 18.7. The highest BCUT2D eigenvalue weighted by Crippen LogP contribution is 2.34. The van der Waals surface area contributed by atoms with Gasteiger partial charge in [0.05, 0.1) is 11.1 Å². The van der Waals surface area contributed by atoms with Crippen molar-refractivity contribution in [1.29, 1.82) is 0 Å². The number of benzene rings is 1. The molecule has 1 fully saturated rings. The summed E-state index contributed by atoms with van der Waals surface area (Å²) in [5, 5.41) is 10.8. The summed E-state index contributed by atoms with van der Waals surface area (Å²) in [5.41, 5.74) is 0.664. The van der Waals surface area contributed by atoms with Crippen LogP contribution in [0.25, 0.3) is 0 Å². The molecule has 1 aromatic rings. The molecule has 1 saturated heterocycles. The Bertz CT molecular complexity index is 916. The Balaban J connectivity index is 1.48. The molecule has 9 heteroatoms. The lowest BCUT2D eigenvalue weighted by Gasteiger charge is -2.27. The van der Waals surface area contributed by atoms with E-state index in [1.165, 1.54) is 11.8 Å². The molecule has 0 saturated carbocycles. The number of piperidine rings is 1. The number of imide groups is 2. The summed E-state index contributed by atoms with van der Waals surface area (Å²) >= 11 is 1.54. The van der Waals surface area contributed by atoms with Crippen LogP contribution in [0.15, 0.2) is 23.1 Å². The lowest BCUT2D eigenvalue weighted by atomic mass is 10.0. The quantitative estimate of drug-likeness (QED) is 0.279. The standard InChI is InChI=1S/C23H28N2O6S/c26-18-13-12-16(21(29)24-18)25-22(30)15-9-8-10-17(20(15)23(25)31)32-14-7-5-3-1-2-4-6-11-19(27)28/h8-10,16H,1-7,11-14H2,(H,27,28)(H,24,26,29). The van der Waals surface area contributed by atoms with Gasteiger partial charge in [-0.05, 0) is 37.1 Å². The van der Waals surface area contributed by atoms with E-state index in [2.05, 4.69) is 5.32 Å². The summed E-state index contributed by atoms with van der Waals surface area (Å²) in [4.78, 5) is 61.7. The van der Waals surface area contributed by atoms with Crippen LogP contribution in [-0.2, 0) is 14.4 Å². The average molecular weight is 461 g/mol. The molecule has 0 spiro atoms. The molecule has 2 aliphatic heterocycles. The molecule has 4 amide bonds. The molecule has 8 nitrogen and oxygen atoms in total. The van der Waals surface area contributed by atoms with Crippen molar-refractivity contribution in [2.75, 3.05) is 5.75 Å². The maximum absolute atomic E-state index is 13.0. The second-order valence-electron chi connectivity index (χ2n) is 8.09. The smallest absolute Gasteiger partial charge is 0.303 e. The number of carbonyl (C=O) groups excluding carboxylic acids is 4. The average Bonchev–Trinajstić information content (AvgIpc) is 3.00. The third kappa shape index (κ3) is 5.76. The number of fused-ring (bicyclic) bond motifs is 1. The van der Waals surface area contributed by atoms with Crippen molar-refractivity contribution in [3.05, 3.63) is 29.3 Å². The Morgan fingerprint density at radius 2 is 1.69 bits per heavy atom. The molecule has 0 bridgehead atoms. The third-order valence-electron chi connectivity index (χ3n) is 5.72. The maximum Gasteiger partial charge on any atom is 0.303 e. The van der Waals surface area contributed by atoms with Crippen LogP contribution in [0.2, 0.25) is 0 Å². The molecule has 0 radical (unpaired) electrons. The number of carboxylic acids is 1. The summed E-state index contributed by atoms with van der Waals surface area (Å²) in [7, 11) is 0. The molecule has 172 valence electrons. The SMILES string of the molecule is O=C(O)CCCCCCCCCSc1cccc2c1C(=O)N(C1CCC(=O)NC1=O)C2=O. The van der Waals surface area contributed by atoms with Gasteiger partial charge in [-0.2, -0.15) is 0 Å². The number of amides is 4. The van der Waals surface area contributed by atoms with Crippen molar-refractivity contribution in [3.63, 3.8) is 0 Å².